The van der Waals surface area contributed by atoms with Crippen LogP contribution in [0.2, 0.25) is 0 Å². The van der Waals surface area contributed by atoms with E-state index in [1.165, 1.54) is 28.8 Å². The molecule has 1 fully saturated rings. The summed E-state index contributed by atoms with van der Waals surface area (Å²) in [5.74, 6) is -1.88. The Bertz CT molecular complexity index is 701. The number of hydrogen-bond acceptors (Lipinski definition) is 3. The highest BCUT2D eigenvalue weighted by Gasteiger charge is 2.21. The van der Waals surface area contributed by atoms with Crippen LogP contribution in [0, 0.1) is 21.1 Å². The van der Waals surface area contributed by atoms with E-state index in [1.54, 1.807) is 0 Å². The van der Waals surface area contributed by atoms with Gasteiger partial charge in [0, 0.05) is 17.6 Å². The second-order valence-corrected chi connectivity index (χ2v) is 9.54. The number of carbonyl (C=O) groups is 1. The van der Waals surface area contributed by atoms with Crippen molar-refractivity contribution in [3.05, 3.63) is 32.9 Å². The van der Waals surface area contributed by atoms with Crippen molar-refractivity contribution in [2.75, 3.05) is 32.1 Å². The maximum atomic E-state index is 13.5. The van der Waals surface area contributed by atoms with E-state index in [1.807, 2.05) is 7.05 Å². The normalized spacial score (nSPS) is 19.3. The van der Waals surface area contributed by atoms with Gasteiger partial charge in [0.1, 0.15) is 11.6 Å². The summed E-state index contributed by atoms with van der Waals surface area (Å²) in [4.78, 5) is 14.3. The molecular weight excluding hydrogens is 437 g/mol. The first-order valence-corrected chi connectivity index (χ1v) is 10.4. The number of likely N-dealkylation sites (tertiary alicyclic amines) is 1. The van der Waals surface area contributed by atoms with Gasteiger partial charge in [-0.2, -0.15) is 4.36 Å². The molecule has 4 nitrogen and oxygen atoms in total. The first kappa shape index (κ1) is 18.7. The molecule has 0 spiro atoms. The number of benzene rings is 1. The zero-order valence-electron chi connectivity index (χ0n) is 13.0. The van der Waals surface area contributed by atoms with Gasteiger partial charge in [0.05, 0.1) is 13.3 Å². The molecule has 1 atom stereocenters. The van der Waals surface area contributed by atoms with E-state index in [4.69, 9.17) is 0 Å². The molecule has 0 radical (unpaired) electrons. The Morgan fingerprint density at radius 1 is 1.35 bits per heavy atom. The molecule has 1 aliphatic heterocycles. The maximum Gasteiger partial charge on any atom is 0.285 e. The van der Waals surface area contributed by atoms with E-state index in [-0.39, 0.29) is 15.1 Å². The highest BCUT2D eigenvalue weighted by molar-refractivity contribution is 14.1. The Balaban J connectivity index is 2.15. The smallest absolute Gasteiger partial charge is 0.285 e. The van der Waals surface area contributed by atoms with E-state index in [9.17, 15) is 17.8 Å². The summed E-state index contributed by atoms with van der Waals surface area (Å²) in [6.07, 6.45) is 3.26. The quantitative estimate of drug-likeness (QED) is 0.519. The van der Waals surface area contributed by atoms with Gasteiger partial charge in [-0.1, -0.05) is 0 Å². The number of halogens is 3. The molecule has 128 valence electrons. The Morgan fingerprint density at radius 3 is 2.39 bits per heavy atom. The van der Waals surface area contributed by atoms with Crippen LogP contribution >= 0.6 is 22.6 Å². The lowest BCUT2D eigenvalue weighted by Gasteiger charge is -2.28. The van der Waals surface area contributed by atoms with Gasteiger partial charge in [-0.05, 0) is 73.6 Å². The molecule has 0 aliphatic carbocycles. The summed E-state index contributed by atoms with van der Waals surface area (Å²) in [6.45, 7) is 1.86. The maximum absolute atomic E-state index is 13.5. The predicted octanol–water partition coefficient (Wildman–Crippen LogP) is 3.15. The van der Waals surface area contributed by atoms with Crippen LogP contribution in [-0.4, -0.2) is 47.2 Å². The van der Waals surface area contributed by atoms with Crippen LogP contribution in [0.5, 0.6) is 0 Å². The molecule has 8 heteroatoms. The first-order valence-electron chi connectivity index (χ1n) is 7.25. The number of hydrogen-bond donors (Lipinski definition) is 0. The standard InChI is InChI=1S/C15H19F2IN2O2S/c1-20-5-3-10(4-6-20)9-23(2,22)19-15(21)11-7-12(16)14(18)13(17)8-11/h7-8,10H,3-6,9H2,1-2H3. The Morgan fingerprint density at radius 2 is 1.87 bits per heavy atom. The summed E-state index contributed by atoms with van der Waals surface area (Å²) < 4.78 is 43.2. The summed E-state index contributed by atoms with van der Waals surface area (Å²) >= 11 is 1.52. The summed E-state index contributed by atoms with van der Waals surface area (Å²) in [6, 6.07) is 1.86. The molecule has 23 heavy (non-hydrogen) atoms. The highest BCUT2D eigenvalue weighted by Crippen LogP contribution is 2.20. The number of nitrogens with zero attached hydrogens (tertiary/aromatic N) is 2. The van der Waals surface area contributed by atoms with Crippen molar-refractivity contribution >= 4 is 38.2 Å². The monoisotopic (exact) mass is 456 g/mol. The molecule has 0 saturated carbocycles. The van der Waals surface area contributed by atoms with Gasteiger partial charge >= 0.3 is 0 Å². The van der Waals surface area contributed by atoms with E-state index < -0.39 is 27.3 Å². The second kappa shape index (κ2) is 7.52. The number of amides is 1. The topological polar surface area (TPSA) is 49.7 Å². The lowest BCUT2D eigenvalue weighted by molar-refractivity contribution is 0.100. The van der Waals surface area contributed by atoms with Gasteiger partial charge in [0.25, 0.3) is 5.91 Å². The van der Waals surface area contributed by atoms with Crippen LogP contribution in [0.25, 0.3) is 0 Å². The van der Waals surface area contributed by atoms with Gasteiger partial charge in [-0.15, -0.1) is 0 Å². The van der Waals surface area contributed by atoms with Gasteiger partial charge in [-0.3, -0.25) is 4.79 Å². The lowest BCUT2D eigenvalue weighted by atomic mass is 10.00. The van der Waals surface area contributed by atoms with Crippen LogP contribution < -0.4 is 0 Å². The first-order chi connectivity index (χ1) is 10.7. The SMILES string of the molecule is CN1CCC(CS(C)(=O)=NC(=O)c2cc(F)c(I)c(F)c2)CC1. The number of carbonyl (C=O) groups excluding carboxylic acids is 1. The molecule has 1 aliphatic rings. The van der Waals surface area contributed by atoms with Crippen LogP contribution in [-0.2, 0) is 9.73 Å². The van der Waals surface area contributed by atoms with Crippen molar-refractivity contribution in [3.63, 3.8) is 0 Å². The summed E-state index contributed by atoms with van der Waals surface area (Å²) in [5, 5.41) is 0. The second-order valence-electron chi connectivity index (χ2n) is 6.02. The molecule has 1 aromatic carbocycles. The Hall–Kier alpha value is -0.610. The zero-order chi connectivity index (χ0) is 17.2. The highest BCUT2D eigenvalue weighted by atomic mass is 127. The molecule has 1 amide bonds. The van der Waals surface area contributed by atoms with E-state index >= 15 is 0 Å². The molecule has 0 bridgehead atoms. The summed E-state index contributed by atoms with van der Waals surface area (Å²) in [5.41, 5.74) is -0.210. The van der Waals surface area contributed by atoms with Gasteiger partial charge < -0.3 is 4.90 Å². The molecule has 1 heterocycles. The Kier molecular flexibility index (Phi) is 6.12. The average Bonchev–Trinajstić information content (AvgIpc) is 2.46. The van der Waals surface area contributed by atoms with Crippen LogP contribution in [0.4, 0.5) is 8.78 Å². The molecule has 0 N–H and O–H groups in total. The molecule has 1 unspecified atom stereocenters. The van der Waals surface area contributed by atoms with Crippen molar-refractivity contribution < 1.29 is 17.8 Å². The minimum atomic E-state index is -2.72. The molecule has 1 aromatic rings. The third-order valence-electron chi connectivity index (χ3n) is 3.89. The van der Waals surface area contributed by atoms with Gasteiger partial charge in [0.2, 0.25) is 0 Å². The van der Waals surface area contributed by atoms with E-state index in [0.29, 0.717) is 5.75 Å². The minimum Gasteiger partial charge on any atom is -0.306 e. The van der Waals surface area contributed by atoms with Crippen LogP contribution in [0.15, 0.2) is 16.5 Å². The molecule has 0 aromatic heterocycles. The largest absolute Gasteiger partial charge is 0.306 e. The fraction of sp³-hybridized carbons (Fsp3) is 0.533. The van der Waals surface area contributed by atoms with Gasteiger partial charge in [-0.25, -0.2) is 13.0 Å². The lowest BCUT2D eigenvalue weighted by Crippen LogP contribution is -2.33. The Labute approximate surface area is 149 Å². The number of rotatable bonds is 3. The minimum absolute atomic E-state index is 0.178. The van der Waals surface area contributed by atoms with E-state index in [2.05, 4.69) is 9.26 Å². The molecular formula is C15H19F2IN2O2S. The molecule has 2 rings (SSSR count). The summed E-state index contributed by atoms with van der Waals surface area (Å²) in [7, 11) is -0.687. The van der Waals surface area contributed by atoms with Crippen molar-refractivity contribution in [3.8, 4) is 0 Å². The predicted molar refractivity (Wildman–Crippen MR) is 95.0 cm³/mol. The van der Waals surface area contributed by atoms with E-state index in [0.717, 1.165) is 38.1 Å². The zero-order valence-corrected chi connectivity index (χ0v) is 16.0. The van der Waals surface area contributed by atoms with Crippen molar-refractivity contribution in [1.29, 1.82) is 0 Å². The molecule has 1 saturated heterocycles. The number of piperidine rings is 1. The van der Waals surface area contributed by atoms with Crippen molar-refractivity contribution in [2.45, 2.75) is 12.8 Å². The van der Waals surface area contributed by atoms with Crippen molar-refractivity contribution in [1.82, 2.24) is 4.90 Å². The average molecular weight is 456 g/mol. The third-order valence-corrected chi connectivity index (χ3v) is 6.56. The van der Waals surface area contributed by atoms with Crippen molar-refractivity contribution in [2.24, 2.45) is 10.3 Å². The van der Waals surface area contributed by atoms with Crippen LogP contribution in [0.3, 0.4) is 0 Å². The fourth-order valence-electron chi connectivity index (χ4n) is 2.61. The fourth-order valence-corrected chi connectivity index (χ4v) is 4.66. The van der Waals surface area contributed by atoms with Gasteiger partial charge in [0.15, 0.2) is 0 Å². The third kappa shape index (κ3) is 5.18. The van der Waals surface area contributed by atoms with Crippen LogP contribution in [0.1, 0.15) is 23.2 Å².